The zero-order valence-corrected chi connectivity index (χ0v) is 13.9. The van der Waals surface area contributed by atoms with Crippen molar-refractivity contribution in [2.24, 2.45) is 0 Å². The summed E-state index contributed by atoms with van der Waals surface area (Å²) in [6.45, 7) is 4.45. The Bertz CT molecular complexity index is 418. The zero-order valence-electron chi connectivity index (χ0n) is 12.3. The second-order valence-corrected chi connectivity index (χ2v) is 6.76. The van der Waals surface area contributed by atoms with Crippen LogP contribution in [0.4, 0.5) is 0 Å². The molecular formula is C17H25BrO. The van der Waals surface area contributed by atoms with Crippen LogP contribution >= 0.6 is 15.9 Å². The highest BCUT2D eigenvalue weighted by molar-refractivity contribution is 9.09. The van der Waals surface area contributed by atoms with Gasteiger partial charge < -0.3 is 4.74 Å². The molecule has 1 nitrogen and oxygen atoms in total. The van der Waals surface area contributed by atoms with E-state index in [9.17, 15) is 0 Å². The van der Waals surface area contributed by atoms with E-state index in [4.69, 9.17) is 4.74 Å². The van der Waals surface area contributed by atoms with Crippen molar-refractivity contribution < 1.29 is 4.74 Å². The van der Waals surface area contributed by atoms with E-state index in [0.717, 1.165) is 19.3 Å². The number of methoxy groups -OCH3 is 1. The van der Waals surface area contributed by atoms with Gasteiger partial charge in [0.1, 0.15) is 0 Å². The van der Waals surface area contributed by atoms with Gasteiger partial charge in [0.25, 0.3) is 0 Å². The summed E-state index contributed by atoms with van der Waals surface area (Å²) in [6.07, 6.45) is 7.02. The molecule has 0 heterocycles. The van der Waals surface area contributed by atoms with Gasteiger partial charge in [-0.3, -0.25) is 0 Å². The van der Waals surface area contributed by atoms with Crippen LogP contribution in [0.2, 0.25) is 0 Å². The fraction of sp³-hybridized carbons (Fsp3) is 0.647. The second-order valence-electron chi connectivity index (χ2n) is 5.65. The van der Waals surface area contributed by atoms with E-state index in [1.165, 1.54) is 36.0 Å². The molecule has 1 aliphatic rings. The predicted molar refractivity (Wildman–Crippen MR) is 85.1 cm³/mol. The Morgan fingerprint density at radius 3 is 2.47 bits per heavy atom. The van der Waals surface area contributed by atoms with Gasteiger partial charge in [-0.2, -0.15) is 0 Å². The average molecular weight is 325 g/mol. The Morgan fingerprint density at radius 2 is 2.00 bits per heavy atom. The third-order valence-electron chi connectivity index (χ3n) is 4.59. The number of hydrogen-bond donors (Lipinski definition) is 0. The molecule has 1 saturated carbocycles. The van der Waals surface area contributed by atoms with Crippen molar-refractivity contribution in [3.8, 4) is 0 Å². The Balaban J connectivity index is 2.19. The standard InChI is InChI=1S/C17H25BrO/c1-4-13-7-8-14(5-2)15(11-13)16(18)12-17(19-3)9-6-10-17/h7-8,11,16H,4-6,9-10,12H2,1-3H3. The Kier molecular flexibility index (Phi) is 5.08. The first-order valence-corrected chi connectivity index (χ1v) is 8.36. The van der Waals surface area contributed by atoms with Gasteiger partial charge >= 0.3 is 0 Å². The Morgan fingerprint density at radius 1 is 1.26 bits per heavy atom. The molecule has 1 aliphatic carbocycles. The molecule has 0 bridgehead atoms. The lowest BCUT2D eigenvalue weighted by atomic mass is 9.75. The van der Waals surface area contributed by atoms with Crippen molar-refractivity contribution in [3.63, 3.8) is 0 Å². The summed E-state index contributed by atoms with van der Waals surface area (Å²) >= 11 is 3.91. The Hall–Kier alpha value is -0.340. The van der Waals surface area contributed by atoms with Crippen molar-refractivity contribution in [1.29, 1.82) is 0 Å². The topological polar surface area (TPSA) is 9.23 Å². The molecule has 1 aromatic carbocycles. The van der Waals surface area contributed by atoms with Gasteiger partial charge in [0.2, 0.25) is 0 Å². The van der Waals surface area contributed by atoms with Gasteiger partial charge in [0.15, 0.2) is 0 Å². The molecule has 106 valence electrons. The number of ether oxygens (including phenoxy) is 1. The highest BCUT2D eigenvalue weighted by Crippen LogP contribution is 2.45. The number of benzene rings is 1. The molecule has 0 N–H and O–H groups in total. The average Bonchev–Trinajstić information content (AvgIpc) is 2.41. The maximum Gasteiger partial charge on any atom is 0.0692 e. The summed E-state index contributed by atoms with van der Waals surface area (Å²) < 4.78 is 5.77. The molecule has 0 radical (unpaired) electrons. The fourth-order valence-electron chi connectivity index (χ4n) is 2.98. The highest BCUT2D eigenvalue weighted by Gasteiger charge is 2.39. The molecule has 2 heteroatoms. The molecule has 1 aromatic rings. The third-order valence-corrected chi connectivity index (χ3v) is 5.40. The van der Waals surface area contributed by atoms with Crippen LogP contribution < -0.4 is 0 Å². The van der Waals surface area contributed by atoms with Crippen LogP contribution in [0.5, 0.6) is 0 Å². The number of aryl methyl sites for hydroxylation is 2. The molecule has 0 spiro atoms. The first kappa shape index (κ1) is 15.1. The predicted octanol–water partition coefficient (Wildman–Crippen LogP) is 5.21. The summed E-state index contributed by atoms with van der Waals surface area (Å²) in [7, 11) is 1.86. The van der Waals surface area contributed by atoms with Crippen LogP contribution in [0.15, 0.2) is 18.2 Å². The minimum Gasteiger partial charge on any atom is -0.378 e. The smallest absolute Gasteiger partial charge is 0.0692 e. The number of alkyl halides is 1. The molecule has 0 aromatic heterocycles. The monoisotopic (exact) mass is 324 g/mol. The largest absolute Gasteiger partial charge is 0.378 e. The minimum absolute atomic E-state index is 0.126. The van der Waals surface area contributed by atoms with Crippen LogP contribution in [0.3, 0.4) is 0 Å². The molecule has 0 saturated heterocycles. The highest BCUT2D eigenvalue weighted by atomic mass is 79.9. The van der Waals surface area contributed by atoms with E-state index in [2.05, 4.69) is 48.0 Å². The molecule has 1 unspecified atom stereocenters. The first-order chi connectivity index (χ1) is 9.14. The van der Waals surface area contributed by atoms with Crippen LogP contribution in [-0.4, -0.2) is 12.7 Å². The summed E-state index contributed by atoms with van der Waals surface area (Å²) in [5, 5.41) is 0. The van der Waals surface area contributed by atoms with E-state index in [0.29, 0.717) is 4.83 Å². The summed E-state index contributed by atoms with van der Waals surface area (Å²) in [6, 6.07) is 6.93. The van der Waals surface area contributed by atoms with Crippen LogP contribution in [0.25, 0.3) is 0 Å². The van der Waals surface area contributed by atoms with E-state index >= 15 is 0 Å². The SMILES string of the molecule is CCc1ccc(CC)c(C(Br)CC2(OC)CCC2)c1. The number of hydrogen-bond acceptors (Lipinski definition) is 1. The Labute approximate surface area is 125 Å². The lowest BCUT2D eigenvalue weighted by Gasteiger charge is -2.42. The lowest BCUT2D eigenvalue weighted by molar-refractivity contribution is -0.0773. The van der Waals surface area contributed by atoms with Gasteiger partial charge in [-0.15, -0.1) is 0 Å². The maximum atomic E-state index is 5.77. The fourth-order valence-corrected chi connectivity index (χ4v) is 3.99. The van der Waals surface area contributed by atoms with Gasteiger partial charge in [-0.1, -0.05) is 48.0 Å². The zero-order chi connectivity index (χ0) is 13.9. The van der Waals surface area contributed by atoms with Gasteiger partial charge in [0, 0.05) is 11.9 Å². The minimum atomic E-state index is 0.126. The van der Waals surface area contributed by atoms with E-state index in [1.807, 2.05) is 7.11 Å². The summed E-state index contributed by atoms with van der Waals surface area (Å²) in [5.41, 5.74) is 4.48. The van der Waals surface area contributed by atoms with Crippen molar-refractivity contribution in [1.82, 2.24) is 0 Å². The van der Waals surface area contributed by atoms with E-state index in [-0.39, 0.29) is 5.60 Å². The second kappa shape index (κ2) is 6.41. The first-order valence-electron chi connectivity index (χ1n) is 7.45. The normalized spacial score (nSPS) is 18.9. The van der Waals surface area contributed by atoms with E-state index < -0.39 is 0 Å². The van der Waals surface area contributed by atoms with Gasteiger partial charge in [0.05, 0.1) is 5.60 Å². The third kappa shape index (κ3) is 3.22. The molecule has 0 amide bonds. The summed E-state index contributed by atoms with van der Waals surface area (Å²) in [5.74, 6) is 0. The lowest BCUT2D eigenvalue weighted by Crippen LogP contribution is -2.39. The van der Waals surface area contributed by atoms with Crippen LogP contribution in [-0.2, 0) is 17.6 Å². The van der Waals surface area contributed by atoms with Crippen molar-refractivity contribution in [2.45, 2.75) is 62.8 Å². The van der Waals surface area contributed by atoms with Crippen molar-refractivity contribution >= 4 is 15.9 Å². The van der Waals surface area contributed by atoms with Gasteiger partial charge in [-0.05, 0) is 55.2 Å². The molecular weight excluding hydrogens is 300 g/mol. The van der Waals surface area contributed by atoms with Gasteiger partial charge in [-0.25, -0.2) is 0 Å². The number of rotatable bonds is 6. The van der Waals surface area contributed by atoms with E-state index in [1.54, 1.807) is 0 Å². The number of halogens is 1. The van der Waals surface area contributed by atoms with Crippen molar-refractivity contribution in [3.05, 3.63) is 34.9 Å². The van der Waals surface area contributed by atoms with Crippen LogP contribution in [0.1, 0.15) is 61.0 Å². The quantitative estimate of drug-likeness (QED) is 0.653. The van der Waals surface area contributed by atoms with Crippen molar-refractivity contribution in [2.75, 3.05) is 7.11 Å². The van der Waals surface area contributed by atoms with Crippen LogP contribution in [0, 0.1) is 0 Å². The molecule has 0 aliphatic heterocycles. The maximum absolute atomic E-state index is 5.77. The summed E-state index contributed by atoms with van der Waals surface area (Å²) in [4.78, 5) is 0.411. The molecule has 19 heavy (non-hydrogen) atoms. The molecule has 1 fully saturated rings. The molecule has 2 rings (SSSR count). The molecule has 1 atom stereocenters.